The summed E-state index contributed by atoms with van der Waals surface area (Å²) in [5.41, 5.74) is 0. The van der Waals surface area contributed by atoms with Gasteiger partial charge >= 0.3 is 19.8 Å². The lowest BCUT2D eigenvalue weighted by molar-refractivity contribution is -0.161. The molecule has 8 nitrogen and oxygen atoms in total. The van der Waals surface area contributed by atoms with Crippen molar-refractivity contribution in [2.45, 2.75) is 180 Å². The number of carbonyl (C=O) groups is 2. The van der Waals surface area contributed by atoms with Gasteiger partial charge in [0, 0.05) is 12.8 Å². The molecule has 9 heteroatoms. The van der Waals surface area contributed by atoms with E-state index in [0.29, 0.717) is 12.8 Å². The van der Waals surface area contributed by atoms with Crippen LogP contribution in [0.15, 0.2) is 36.5 Å². The Labute approximate surface area is 287 Å². The zero-order valence-electron chi connectivity index (χ0n) is 29.9. The van der Waals surface area contributed by atoms with Gasteiger partial charge in [0.1, 0.15) is 6.61 Å². The molecule has 2 N–H and O–H groups in total. The van der Waals surface area contributed by atoms with Crippen LogP contribution >= 0.6 is 7.82 Å². The van der Waals surface area contributed by atoms with Crippen molar-refractivity contribution in [3.05, 3.63) is 36.5 Å². The monoisotopic (exact) mass is 684 g/mol. The van der Waals surface area contributed by atoms with Crippen molar-refractivity contribution in [3.8, 4) is 0 Å². The van der Waals surface area contributed by atoms with E-state index in [1.165, 1.54) is 64.2 Å². The van der Waals surface area contributed by atoms with Crippen LogP contribution in [0.3, 0.4) is 0 Å². The minimum atomic E-state index is -4.75. The number of phosphoric ester groups is 1. The van der Waals surface area contributed by atoms with Crippen LogP contribution in [0.2, 0.25) is 0 Å². The first-order chi connectivity index (χ1) is 22.8. The van der Waals surface area contributed by atoms with Crippen molar-refractivity contribution in [2.24, 2.45) is 0 Å². The highest BCUT2D eigenvalue weighted by Gasteiger charge is 2.22. The summed E-state index contributed by atoms with van der Waals surface area (Å²) in [5.74, 6) is -0.913. The van der Waals surface area contributed by atoms with Crippen molar-refractivity contribution in [2.75, 3.05) is 13.2 Å². The molecule has 0 fully saturated rings. The van der Waals surface area contributed by atoms with E-state index in [2.05, 4.69) is 54.8 Å². The van der Waals surface area contributed by atoms with Gasteiger partial charge in [-0.2, -0.15) is 0 Å². The Hall–Kier alpha value is -1.73. The van der Waals surface area contributed by atoms with Gasteiger partial charge in [0.05, 0.1) is 6.61 Å². The van der Waals surface area contributed by atoms with E-state index >= 15 is 0 Å². The van der Waals surface area contributed by atoms with Crippen LogP contribution in [-0.2, 0) is 28.2 Å². The van der Waals surface area contributed by atoms with Crippen molar-refractivity contribution in [1.82, 2.24) is 0 Å². The Bertz CT molecular complexity index is 864. The fraction of sp³-hybridized carbons (Fsp3) is 0.789. The van der Waals surface area contributed by atoms with E-state index in [-0.39, 0.29) is 19.4 Å². The smallest absolute Gasteiger partial charge is 0.462 e. The summed E-state index contributed by atoms with van der Waals surface area (Å²) in [5, 5.41) is 0. The maximum atomic E-state index is 12.3. The van der Waals surface area contributed by atoms with E-state index in [9.17, 15) is 14.2 Å². The van der Waals surface area contributed by atoms with E-state index in [0.717, 1.165) is 70.6 Å². The number of esters is 2. The van der Waals surface area contributed by atoms with E-state index in [1.807, 2.05) is 0 Å². The molecule has 0 aromatic heterocycles. The number of unbranched alkanes of at least 4 members (excludes halogenated alkanes) is 19. The second-order valence-corrected chi connectivity index (χ2v) is 13.8. The topological polar surface area (TPSA) is 119 Å². The summed E-state index contributed by atoms with van der Waals surface area (Å²) in [6, 6.07) is 0. The van der Waals surface area contributed by atoms with Crippen molar-refractivity contribution >= 4 is 19.8 Å². The maximum absolute atomic E-state index is 12.3. The zero-order chi connectivity index (χ0) is 34.7. The summed E-state index contributed by atoms with van der Waals surface area (Å²) < 4.78 is 26.3. The first-order valence-electron chi connectivity index (χ1n) is 18.8. The Kier molecular flexibility index (Phi) is 32.9. The van der Waals surface area contributed by atoms with Crippen LogP contribution in [0.1, 0.15) is 174 Å². The molecule has 47 heavy (non-hydrogen) atoms. The van der Waals surface area contributed by atoms with Crippen molar-refractivity contribution < 1.29 is 37.9 Å². The lowest BCUT2D eigenvalue weighted by Crippen LogP contribution is -2.29. The average molecular weight is 685 g/mol. The minimum Gasteiger partial charge on any atom is -0.462 e. The Morgan fingerprint density at radius 2 is 0.957 bits per heavy atom. The molecule has 274 valence electrons. The summed E-state index contributed by atoms with van der Waals surface area (Å²) in [7, 11) is -4.75. The summed E-state index contributed by atoms with van der Waals surface area (Å²) in [6.07, 6.45) is 38.6. The first-order valence-corrected chi connectivity index (χ1v) is 20.3. The number of ether oxygens (including phenoxy) is 2. The van der Waals surface area contributed by atoms with Gasteiger partial charge in [-0.25, -0.2) is 4.57 Å². The molecule has 0 aliphatic heterocycles. The number of hydrogen-bond donors (Lipinski definition) is 2. The minimum absolute atomic E-state index is 0.193. The fourth-order valence-electron chi connectivity index (χ4n) is 5.06. The first kappa shape index (κ1) is 45.3. The van der Waals surface area contributed by atoms with E-state index in [1.54, 1.807) is 0 Å². The van der Waals surface area contributed by atoms with Crippen LogP contribution in [-0.4, -0.2) is 41.0 Å². The average Bonchev–Trinajstić information content (AvgIpc) is 3.03. The molecule has 0 aliphatic rings. The van der Waals surface area contributed by atoms with Crippen LogP contribution < -0.4 is 0 Å². The van der Waals surface area contributed by atoms with Crippen LogP contribution in [0.4, 0.5) is 0 Å². The Morgan fingerprint density at radius 1 is 0.553 bits per heavy atom. The largest absolute Gasteiger partial charge is 0.469 e. The third-order valence-corrected chi connectivity index (χ3v) is 8.39. The number of rotatable bonds is 34. The normalized spacial score (nSPS) is 12.9. The molecule has 0 bridgehead atoms. The third kappa shape index (κ3) is 36.9. The molecule has 0 aliphatic carbocycles. The molecule has 0 aromatic rings. The lowest BCUT2D eigenvalue weighted by Gasteiger charge is -2.18. The molecule has 0 spiro atoms. The van der Waals surface area contributed by atoms with Crippen molar-refractivity contribution in [1.29, 1.82) is 0 Å². The second-order valence-electron chi connectivity index (χ2n) is 12.6. The zero-order valence-corrected chi connectivity index (χ0v) is 30.8. The molecule has 0 saturated heterocycles. The third-order valence-electron chi connectivity index (χ3n) is 7.91. The number of carbonyl (C=O) groups excluding carboxylic acids is 2. The second kappa shape index (κ2) is 34.1. The van der Waals surface area contributed by atoms with Crippen molar-refractivity contribution in [3.63, 3.8) is 0 Å². The predicted molar refractivity (Wildman–Crippen MR) is 193 cm³/mol. The highest BCUT2D eigenvalue weighted by atomic mass is 31.2. The van der Waals surface area contributed by atoms with Gasteiger partial charge < -0.3 is 19.3 Å². The van der Waals surface area contributed by atoms with Crippen LogP contribution in [0.25, 0.3) is 0 Å². The highest BCUT2D eigenvalue weighted by Crippen LogP contribution is 2.36. The molecule has 0 unspecified atom stereocenters. The van der Waals surface area contributed by atoms with Gasteiger partial charge in [0.25, 0.3) is 0 Å². The molecule has 0 saturated carbocycles. The molecule has 0 amide bonds. The molecular formula is C38H69O8P. The molecule has 0 rings (SSSR count). The summed E-state index contributed by atoms with van der Waals surface area (Å²) >= 11 is 0. The lowest BCUT2D eigenvalue weighted by atomic mass is 10.1. The maximum Gasteiger partial charge on any atom is 0.469 e. The van der Waals surface area contributed by atoms with E-state index < -0.39 is 32.5 Å². The van der Waals surface area contributed by atoms with Gasteiger partial charge in [-0.15, -0.1) is 0 Å². The standard InChI is InChI=1S/C38H69O8P/c1-3-5-7-9-11-13-15-17-19-21-23-25-27-29-31-33-38(40)46-36(35-45-47(41,42)43)34-44-37(39)32-30-28-26-24-22-20-18-16-14-12-10-8-6-4-2/h13,15-19,36H,3-12,14,20-35H2,1-2H3,(H2,41,42,43)/b15-13+,18-16+,19-17+/t36-/m1/s1. The van der Waals surface area contributed by atoms with Gasteiger partial charge in [0.15, 0.2) is 6.10 Å². The van der Waals surface area contributed by atoms with Gasteiger partial charge in [-0.3, -0.25) is 14.1 Å². The Morgan fingerprint density at radius 3 is 1.45 bits per heavy atom. The van der Waals surface area contributed by atoms with Gasteiger partial charge in [-0.1, -0.05) is 134 Å². The van der Waals surface area contributed by atoms with Crippen LogP contribution in [0, 0.1) is 0 Å². The SMILES string of the molecule is CCCCCC/C=C/C=C/CCCCCCCC(=O)O[C@H](COC(=O)CCCCCCC/C=C/CCCCCCC)COP(=O)(O)O. The summed E-state index contributed by atoms with van der Waals surface area (Å²) in [4.78, 5) is 42.7. The molecule has 0 heterocycles. The quantitative estimate of drug-likeness (QED) is 0.0226. The van der Waals surface area contributed by atoms with E-state index in [4.69, 9.17) is 19.3 Å². The molecule has 0 aromatic carbocycles. The number of phosphoric acid groups is 1. The van der Waals surface area contributed by atoms with Gasteiger partial charge in [0.2, 0.25) is 0 Å². The predicted octanol–water partition coefficient (Wildman–Crippen LogP) is 11.0. The van der Waals surface area contributed by atoms with Gasteiger partial charge in [-0.05, 0) is 64.2 Å². The molecule has 0 radical (unpaired) electrons. The highest BCUT2D eigenvalue weighted by molar-refractivity contribution is 7.46. The fourth-order valence-corrected chi connectivity index (χ4v) is 5.42. The Balaban J connectivity index is 4.02. The molecular weight excluding hydrogens is 615 g/mol. The van der Waals surface area contributed by atoms with Crippen LogP contribution in [0.5, 0.6) is 0 Å². The number of allylic oxidation sites excluding steroid dienone is 6. The summed E-state index contributed by atoms with van der Waals surface area (Å²) in [6.45, 7) is 3.62. The number of hydrogen-bond acceptors (Lipinski definition) is 6. The molecule has 1 atom stereocenters.